The molecule has 7 heteroatoms. The van der Waals surface area contributed by atoms with Crippen LogP contribution in [-0.4, -0.2) is 63.2 Å². The highest BCUT2D eigenvalue weighted by Gasteiger charge is 2.47. The lowest BCUT2D eigenvalue weighted by atomic mass is 9.99. The van der Waals surface area contributed by atoms with Crippen molar-refractivity contribution in [3.05, 3.63) is 0 Å². The summed E-state index contributed by atoms with van der Waals surface area (Å²) in [6, 6.07) is 0. The summed E-state index contributed by atoms with van der Waals surface area (Å²) < 4.78 is 9.43. The lowest BCUT2D eigenvalue weighted by molar-refractivity contribution is -0.281. The second kappa shape index (κ2) is 5.07. The first-order chi connectivity index (χ1) is 7.34. The van der Waals surface area contributed by atoms with E-state index >= 15 is 0 Å². The van der Waals surface area contributed by atoms with E-state index in [2.05, 4.69) is 4.74 Å². The van der Waals surface area contributed by atoms with E-state index in [1.807, 2.05) is 0 Å². The van der Waals surface area contributed by atoms with Gasteiger partial charge in [0.15, 0.2) is 12.4 Å². The third-order valence-corrected chi connectivity index (χ3v) is 2.17. The Morgan fingerprint density at radius 2 is 1.69 bits per heavy atom. The molecule has 16 heavy (non-hydrogen) atoms. The fourth-order valence-corrected chi connectivity index (χ4v) is 1.36. The van der Waals surface area contributed by atoms with Crippen LogP contribution >= 0.6 is 0 Å². The summed E-state index contributed by atoms with van der Waals surface area (Å²) in [5.74, 6) is -0.896. The van der Waals surface area contributed by atoms with Crippen LogP contribution in [0, 0.1) is 0 Å². The number of hydrogen-bond acceptors (Lipinski definition) is 7. The standard InChI is InChI=1S/C9H16O7/c1-3(2)15-9(14)7-5(11)4(10)6(12)8(13)16-7/h3-8,10-13H,1-2H3/t4?,5-,6?,7?,8+/m0/s1. The highest BCUT2D eigenvalue weighted by Crippen LogP contribution is 2.21. The van der Waals surface area contributed by atoms with Gasteiger partial charge >= 0.3 is 5.97 Å². The second-order valence-corrected chi connectivity index (χ2v) is 3.90. The number of esters is 1. The van der Waals surface area contributed by atoms with Crippen LogP contribution in [0.5, 0.6) is 0 Å². The van der Waals surface area contributed by atoms with E-state index in [9.17, 15) is 15.0 Å². The SMILES string of the molecule is CC(C)OC(=O)C1O[C@@H](O)C(O)C(O)[C@@H]1O. The first-order valence-corrected chi connectivity index (χ1v) is 4.92. The third-order valence-electron chi connectivity index (χ3n) is 2.17. The molecule has 0 radical (unpaired) electrons. The summed E-state index contributed by atoms with van der Waals surface area (Å²) in [6.07, 6.45) is -8.60. The van der Waals surface area contributed by atoms with Gasteiger partial charge in [0, 0.05) is 0 Å². The monoisotopic (exact) mass is 236 g/mol. The van der Waals surface area contributed by atoms with Crippen LogP contribution in [0.15, 0.2) is 0 Å². The summed E-state index contributed by atoms with van der Waals surface area (Å²) in [4.78, 5) is 11.4. The largest absolute Gasteiger partial charge is 0.461 e. The van der Waals surface area contributed by atoms with Crippen molar-refractivity contribution in [2.45, 2.75) is 50.7 Å². The number of carbonyl (C=O) groups is 1. The summed E-state index contributed by atoms with van der Waals surface area (Å²) in [7, 11) is 0. The summed E-state index contributed by atoms with van der Waals surface area (Å²) >= 11 is 0. The van der Waals surface area contributed by atoms with Gasteiger partial charge in [-0.2, -0.15) is 0 Å². The maximum Gasteiger partial charge on any atom is 0.338 e. The lowest BCUT2D eigenvalue weighted by Gasteiger charge is -2.37. The van der Waals surface area contributed by atoms with Crippen LogP contribution in [0.4, 0.5) is 0 Å². The van der Waals surface area contributed by atoms with E-state index in [0.29, 0.717) is 0 Å². The van der Waals surface area contributed by atoms with Crippen LogP contribution in [0.2, 0.25) is 0 Å². The minimum absolute atomic E-state index is 0.413. The molecule has 0 aromatic heterocycles. The van der Waals surface area contributed by atoms with E-state index in [1.54, 1.807) is 13.8 Å². The molecule has 0 saturated carbocycles. The molecule has 1 saturated heterocycles. The maximum absolute atomic E-state index is 11.4. The van der Waals surface area contributed by atoms with E-state index in [0.717, 1.165) is 0 Å². The zero-order valence-electron chi connectivity index (χ0n) is 8.98. The van der Waals surface area contributed by atoms with Gasteiger partial charge in [0.05, 0.1) is 6.10 Å². The Morgan fingerprint density at radius 1 is 1.12 bits per heavy atom. The predicted octanol–water partition coefficient (Wildman–Crippen LogP) is -2.26. The van der Waals surface area contributed by atoms with Gasteiger partial charge in [-0.15, -0.1) is 0 Å². The smallest absolute Gasteiger partial charge is 0.338 e. The lowest BCUT2D eigenvalue weighted by Crippen LogP contribution is -2.60. The Kier molecular flexibility index (Phi) is 4.22. The minimum Gasteiger partial charge on any atom is -0.461 e. The van der Waals surface area contributed by atoms with Crippen molar-refractivity contribution in [1.29, 1.82) is 0 Å². The predicted molar refractivity (Wildman–Crippen MR) is 50.1 cm³/mol. The Hall–Kier alpha value is -0.730. The average molecular weight is 236 g/mol. The zero-order valence-corrected chi connectivity index (χ0v) is 8.98. The first-order valence-electron chi connectivity index (χ1n) is 4.92. The molecule has 0 amide bonds. The maximum atomic E-state index is 11.4. The molecule has 0 aromatic rings. The van der Waals surface area contributed by atoms with Gasteiger partial charge in [-0.05, 0) is 13.8 Å². The molecule has 1 fully saturated rings. The van der Waals surface area contributed by atoms with Gasteiger partial charge in [-0.1, -0.05) is 0 Å². The molecule has 1 aliphatic heterocycles. The molecule has 0 spiro atoms. The average Bonchev–Trinajstić information content (AvgIpc) is 2.19. The molecule has 94 valence electrons. The Labute approximate surface area is 92.2 Å². The minimum atomic E-state index is -1.73. The molecule has 0 aliphatic carbocycles. The Balaban J connectivity index is 2.70. The molecular weight excluding hydrogens is 220 g/mol. The zero-order chi connectivity index (χ0) is 12.5. The van der Waals surface area contributed by atoms with E-state index in [4.69, 9.17) is 14.9 Å². The van der Waals surface area contributed by atoms with E-state index in [-0.39, 0.29) is 0 Å². The molecule has 4 N–H and O–H groups in total. The highest BCUT2D eigenvalue weighted by molar-refractivity contribution is 5.76. The van der Waals surface area contributed by atoms with Crippen molar-refractivity contribution in [2.24, 2.45) is 0 Å². The molecule has 1 rings (SSSR count). The number of hydrogen-bond donors (Lipinski definition) is 4. The first kappa shape index (κ1) is 13.3. The number of rotatable bonds is 2. The second-order valence-electron chi connectivity index (χ2n) is 3.90. The van der Waals surface area contributed by atoms with Gasteiger partial charge in [0.2, 0.25) is 0 Å². The molecule has 7 nitrogen and oxygen atoms in total. The van der Waals surface area contributed by atoms with Crippen molar-refractivity contribution in [3.8, 4) is 0 Å². The van der Waals surface area contributed by atoms with Crippen LogP contribution in [0.3, 0.4) is 0 Å². The molecule has 5 atom stereocenters. The topological polar surface area (TPSA) is 116 Å². The fourth-order valence-electron chi connectivity index (χ4n) is 1.36. The summed E-state index contributed by atoms with van der Waals surface area (Å²) in [5, 5.41) is 37.1. The van der Waals surface area contributed by atoms with E-state index < -0.39 is 42.8 Å². The van der Waals surface area contributed by atoms with Crippen molar-refractivity contribution >= 4 is 5.97 Å². The molecule has 1 aliphatic rings. The molecular formula is C9H16O7. The van der Waals surface area contributed by atoms with Crippen molar-refractivity contribution < 1.29 is 34.7 Å². The number of carbonyl (C=O) groups excluding carboxylic acids is 1. The fraction of sp³-hybridized carbons (Fsp3) is 0.889. The third kappa shape index (κ3) is 2.69. The van der Waals surface area contributed by atoms with E-state index in [1.165, 1.54) is 0 Å². The Morgan fingerprint density at radius 3 is 2.19 bits per heavy atom. The van der Waals surface area contributed by atoms with Crippen LogP contribution in [0.25, 0.3) is 0 Å². The Bertz CT molecular complexity index is 254. The van der Waals surface area contributed by atoms with Gasteiger partial charge in [0.25, 0.3) is 0 Å². The number of aliphatic hydroxyl groups excluding tert-OH is 4. The van der Waals surface area contributed by atoms with Crippen molar-refractivity contribution in [1.82, 2.24) is 0 Å². The van der Waals surface area contributed by atoms with Crippen LogP contribution in [-0.2, 0) is 14.3 Å². The van der Waals surface area contributed by atoms with Gasteiger partial charge in [-0.25, -0.2) is 4.79 Å². The molecule has 0 aromatic carbocycles. The molecule has 1 heterocycles. The number of aliphatic hydroxyl groups is 4. The van der Waals surface area contributed by atoms with Gasteiger partial charge < -0.3 is 29.9 Å². The quantitative estimate of drug-likeness (QED) is 0.400. The van der Waals surface area contributed by atoms with Gasteiger partial charge in [0.1, 0.15) is 18.3 Å². The molecule has 3 unspecified atom stereocenters. The number of ether oxygens (including phenoxy) is 2. The van der Waals surface area contributed by atoms with Crippen molar-refractivity contribution in [2.75, 3.05) is 0 Å². The normalized spacial score (nSPS) is 39.8. The van der Waals surface area contributed by atoms with Gasteiger partial charge in [-0.3, -0.25) is 0 Å². The van der Waals surface area contributed by atoms with Crippen LogP contribution < -0.4 is 0 Å². The summed E-state index contributed by atoms with van der Waals surface area (Å²) in [6.45, 7) is 3.21. The van der Waals surface area contributed by atoms with Crippen LogP contribution in [0.1, 0.15) is 13.8 Å². The highest BCUT2D eigenvalue weighted by atomic mass is 16.7. The van der Waals surface area contributed by atoms with Crippen molar-refractivity contribution in [3.63, 3.8) is 0 Å². The molecule has 0 bridgehead atoms. The summed E-state index contributed by atoms with van der Waals surface area (Å²) in [5.41, 5.74) is 0.